The van der Waals surface area contributed by atoms with Crippen LogP contribution in [0, 0.1) is 11.7 Å². The van der Waals surface area contributed by atoms with Crippen molar-refractivity contribution in [3.8, 4) is 0 Å². The molecule has 0 heterocycles. The molecule has 1 aromatic carbocycles. The number of sulfonamides is 1. The van der Waals surface area contributed by atoms with E-state index in [2.05, 4.69) is 20.7 Å². The van der Waals surface area contributed by atoms with Crippen molar-refractivity contribution in [3.05, 3.63) is 22.4 Å². The maximum Gasteiger partial charge on any atom is 0.242 e. The quantitative estimate of drug-likeness (QED) is 0.698. The Morgan fingerprint density at radius 1 is 1.47 bits per heavy atom. The van der Waals surface area contributed by atoms with E-state index in [0.717, 1.165) is 12.1 Å². The van der Waals surface area contributed by atoms with Crippen molar-refractivity contribution >= 4 is 31.6 Å². The molecule has 8 heteroatoms. The number of rotatable bonds is 5. The van der Waals surface area contributed by atoms with E-state index in [9.17, 15) is 12.8 Å². The Balaban J connectivity index is 3.11. The summed E-state index contributed by atoms with van der Waals surface area (Å²) in [4.78, 5) is -0.197. The maximum atomic E-state index is 13.2. The third-order valence-corrected chi connectivity index (χ3v) is 5.05. The minimum Gasteiger partial charge on any atom is -0.398 e. The highest BCUT2D eigenvalue weighted by Gasteiger charge is 2.24. The lowest BCUT2D eigenvalue weighted by molar-refractivity contribution is 0.216. The average molecular weight is 355 g/mol. The van der Waals surface area contributed by atoms with Gasteiger partial charge in [0.25, 0.3) is 0 Å². The molecule has 2 atom stereocenters. The van der Waals surface area contributed by atoms with Gasteiger partial charge in [-0.15, -0.1) is 0 Å². The molecule has 5 nitrogen and oxygen atoms in total. The van der Waals surface area contributed by atoms with Crippen LogP contribution in [0.2, 0.25) is 0 Å². The molecule has 1 aromatic rings. The van der Waals surface area contributed by atoms with Gasteiger partial charge in [-0.1, -0.05) is 6.92 Å². The Hall–Kier alpha value is -0.700. The molecular formula is C11H16BrFN2O3S. The highest BCUT2D eigenvalue weighted by Crippen LogP contribution is 2.26. The van der Waals surface area contributed by atoms with Crippen LogP contribution in [0.4, 0.5) is 10.1 Å². The third-order valence-electron chi connectivity index (χ3n) is 2.82. The molecule has 0 saturated carbocycles. The van der Waals surface area contributed by atoms with Crippen LogP contribution < -0.4 is 10.5 Å². The summed E-state index contributed by atoms with van der Waals surface area (Å²) in [5.74, 6) is -0.881. The molecule has 0 radical (unpaired) electrons. The van der Waals surface area contributed by atoms with Crippen LogP contribution in [-0.2, 0) is 10.0 Å². The molecule has 108 valence electrons. The van der Waals surface area contributed by atoms with Crippen molar-refractivity contribution in [2.75, 3.05) is 12.3 Å². The van der Waals surface area contributed by atoms with Crippen molar-refractivity contribution in [3.63, 3.8) is 0 Å². The van der Waals surface area contributed by atoms with Crippen molar-refractivity contribution < 1.29 is 17.9 Å². The molecule has 0 aliphatic heterocycles. The van der Waals surface area contributed by atoms with E-state index in [-0.39, 0.29) is 27.6 Å². The first-order valence-corrected chi connectivity index (χ1v) is 7.84. The molecule has 2 unspecified atom stereocenters. The Kier molecular flexibility index (Phi) is 5.31. The minimum absolute atomic E-state index is 0.0185. The number of aliphatic hydroxyl groups is 1. The van der Waals surface area contributed by atoms with Crippen LogP contribution in [0.25, 0.3) is 0 Å². The van der Waals surface area contributed by atoms with Gasteiger partial charge in [-0.3, -0.25) is 0 Å². The van der Waals surface area contributed by atoms with E-state index in [1.165, 1.54) is 0 Å². The van der Waals surface area contributed by atoms with Gasteiger partial charge in [0, 0.05) is 12.6 Å². The summed E-state index contributed by atoms with van der Waals surface area (Å²) in [6.45, 7) is 3.19. The van der Waals surface area contributed by atoms with Gasteiger partial charge < -0.3 is 10.8 Å². The molecular weight excluding hydrogens is 339 g/mol. The van der Waals surface area contributed by atoms with Crippen LogP contribution in [0.1, 0.15) is 13.8 Å². The number of hydrogen-bond acceptors (Lipinski definition) is 4. The molecule has 0 amide bonds. The first kappa shape index (κ1) is 16.4. The van der Waals surface area contributed by atoms with Crippen molar-refractivity contribution in [2.24, 2.45) is 5.92 Å². The fourth-order valence-electron chi connectivity index (χ4n) is 1.36. The molecule has 0 fully saturated rings. The number of nitrogens with two attached hydrogens (primary N) is 1. The highest BCUT2D eigenvalue weighted by atomic mass is 79.9. The van der Waals surface area contributed by atoms with Crippen molar-refractivity contribution in [1.29, 1.82) is 0 Å². The van der Waals surface area contributed by atoms with Gasteiger partial charge in [0.15, 0.2) is 0 Å². The van der Waals surface area contributed by atoms with Crippen LogP contribution in [-0.4, -0.2) is 26.2 Å². The zero-order chi connectivity index (χ0) is 14.8. The molecule has 0 aliphatic carbocycles. The van der Waals surface area contributed by atoms with Gasteiger partial charge >= 0.3 is 0 Å². The number of benzene rings is 1. The molecule has 0 spiro atoms. The van der Waals surface area contributed by atoms with Crippen molar-refractivity contribution in [1.82, 2.24) is 4.72 Å². The lowest BCUT2D eigenvalue weighted by Gasteiger charge is -2.20. The lowest BCUT2D eigenvalue weighted by atomic mass is 10.1. The van der Waals surface area contributed by atoms with Gasteiger partial charge in [0.1, 0.15) is 10.7 Å². The van der Waals surface area contributed by atoms with Crippen LogP contribution in [0.5, 0.6) is 0 Å². The standard InChI is InChI=1S/C11H16BrFN2O3S/c1-6(5-16)7(2)15-19(17,18)11-3-8(12)9(13)4-10(11)14/h3-4,6-7,15-16H,5,14H2,1-2H3. The smallest absolute Gasteiger partial charge is 0.242 e. The predicted molar refractivity (Wildman–Crippen MR) is 74.5 cm³/mol. The zero-order valence-electron chi connectivity index (χ0n) is 10.5. The molecule has 4 N–H and O–H groups in total. The Morgan fingerprint density at radius 3 is 2.58 bits per heavy atom. The Morgan fingerprint density at radius 2 is 2.05 bits per heavy atom. The lowest BCUT2D eigenvalue weighted by Crippen LogP contribution is -2.38. The fourth-order valence-corrected chi connectivity index (χ4v) is 3.35. The molecule has 0 aromatic heterocycles. The number of nitrogens with one attached hydrogen (secondary N) is 1. The van der Waals surface area contributed by atoms with Crippen LogP contribution in [0.3, 0.4) is 0 Å². The predicted octanol–water partition coefficient (Wildman–Crippen LogP) is 1.47. The second-order valence-corrected chi connectivity index (χ2v) is 6.91. The summed E-state index contributed by atoms with van der Waals surface area (Å²) < 4.78 is 39.9. The Labute approximate surface area is 120 Å². The molecule has 0 bridgehead atoms. The zero-order valence-corrected chi connectivity index (χ0v) is 12.9. The second-order valence-electron chi connectivity index (χ2n) is 4.37. The number of nitrogen functional groups attached to an aromatic ring is 1. The first-order chi connectivity index (χ1) is 8.69. The normalized spacial score (nSPS) is 15.2. The second kappa shape index (κ2) is 6.17. The van der Waals surface area contributed by atoms with E-state index in [0.29, 0.717) is 0 Å². The topological polar surface area (TPSA) is 92.4 Å². The summed E-state index contributed by atoms with van der Waals surface area (Å²) in [5, 5.41) is 8.99. The maximum absolute atomic E-state index is 13.2. The Bertz CT molecular complexity index is 565. The average Bonchev–Trinajstić information content (AvgIpc) is 2.31. The minimum atomic E-state index is -3.87. The van der Waals surface area contributed by atoms with E-state index < -0.39 is 21.9 Å². The largest absolute Gasteiger partial charge is 0.398 e. The number of anilines is 1. The van der Waals surface area contributed by atoms with Gasteiger partial charge in [0.05, 0.1) is 10.2 Å². The highest BCUT2D eigenvalue weighted by molar-refractivity contribution is 9.10. The van der Waals surface area contributed by atoms with E-state index in [1.807, 2.05) is 0 Å². The molecule has 1 rings (SSSR count). The van der Waals surface area contributed by atoms with E-state index in [4.69, 9.17) is 10.8 Å². The molecule has 19 heavy (non-hydrogen) atoms. The molecule has 0 aliphatic rings. The summed E-state index contributed by atoms with van der Waals surface area (Å²) in [6.07, 6.45) is 0. The fraction of sp³-hybridized carbons (Fsp3) is 0.455. The number of aliphatic hydroxyl groups excluding tert-OH is 1. The van der Waals surface area contributed by atoms with Crippen LogP contribution >= 0.6 is 15.9 Å². The van der Waals surface area contributed by atoms with E-state index in [1.54, 1.807) is 13.8 Å². The molecule has 0 saturated heterocycles. The SMILES string of the molecule is CC(CO)C(C)NS(=O)(=O)c1cc(Br)c(F)cc1N. The summed E-state index contributed by atoms with van der Waals surface area (Å²) in [7, 11) is -3.87. The van der Waals surface area contributed by atoms with Gasteiger partial charge in [0.2, 0.25) is 10.0 Å². The van der Waals surface area contributed by atoms with Gasteiger partial charge in [-0.2, -0.15) is 0 Å². The van der Waals surface area contributed by atoms with Crippen molar-refractivity contribution in [2.45, 2.75) is 24.8 Å². The van der Waals surface area contributed by atoms with E-state index >= 15 is 0 Å². The first-order valence-electron chi connectivity index (χ1n) is 5.56. The third kappa shape index (κ3) is 3.88. The monoisotopic (exact) mass is 354 g/mol. The summed E-state index contributed by atoms with van der Waals surface area (Å²) in [5.41, 5.74) is 5.36. The summed E-state index contributed by atoms with van der Waals surface area (Å²) >= 11 is 2.92. The number of halogens is 2. The van der Waals surface area contributed by atoms with Gasteiger partial charge in [-0.05, 0) is 40.9 Å². The number of hydrogen-bond donors (Lipinski definition) is 3. The summed E-state index contributed by atoms with van der Waals surface area (Å²) in [6, 6.07) is 1.58. The van der Waals surface area contributed by atoms with Crippen LogP contribution in [0.15, 0.2) is 21.5 Å². The van der Waals surface area contributed by atoms with Gasteiger partial charge in [-0.25, -0.2) is 17.5 Å².